The van der Waals surface area contributed by atoms with Crippen molar-refractivity contribution in [2.45, 2.75) is 33.9 Å². The minimum Gasteiger partial charge on any atom is -0.309 e. The predicted octanol–water partition coefficient (Wildman–Crippen LogP) is 4.04. The van der Waals surface area contributed by atoms with Crippen molar-refractivity contribution in [3.63, 3.8) is 0 Å². The Kier molecular flexibility index (Phi) is 4.33. The molecule has 0 fully saturated rings. The third kappa shape index (κ3) is 3.65. The highest BCUT2D eigenvalue weighted by Gasteiger charge is 2.03. The summed E-state index contributed by atoms with van der Waals surface area (Å²) >= 11 is 0. The molecule has 0 saturated carbocycles. The van der Waals surface area contributed by atoms with Gasteiger partial charge in [-0.15, -0.1) is 0 Å². The minimum atomic E-state index is -0.179. The molecule has 0 aromatic heterocycles. The van der Waals surface area contributed by atoms with Gasteiger partial charge in [0, 0.05) is 13.1 Å². The first-order chi connectivity index (χ1) is 9.06. The van der Waals surface area contributed by atoms with Gasteiger partial charge in [-0.05, 0) is 55.2 Å². The first-order valence-corrected chi connectivity index (χ1v) is 6.58. The van der Waals surface area contributed by atoms with Gasteiger partial charge in [-0.3, -0.25) is 0 Å². The summed E-state index contributed by atoms with van der Waals surface area (Å²) in [6.45, 7) is 7.89. The van der Waals surface area contributed by atoms with Gasteiger partial charge in [0.15, 0.2) is 0 Å². The van der Waals surface area contributed by atoms with Crippen molar-refractivity contribution in [1.82, 2.24) is 5.32 Å². The Labute approximate surface area is 114 Å². The molecule has 0 aliphatic heterocycles. The molecule has 0 unspecified atom stereocenters. The van der Waals surface area contributed by atoms with Crippen LogP contribution in [0.15, 0.2) is 36.4 Å². The Hall–Kier alpha value is -1.67. The van der Waals surface area contributed by atoms with Crippen molar-refractivity contribution >= 4 is 0 Å². The third-order valence-electron chi connectivity index (χ3n) is 3.36. The molecule has 2 rings (SSSR count). The Morgan fingerprint density at radius 1 is 0.947 bits per heavy atom. The number of hydrogen-bond acceptors (Lipinski definition) is 1. The highest BCUT2D eigenvalue weighted by Crippen LogP contribution is 2.16. The molecular formula is C17H20FN. The highest BCUT2D eigenvalue weighted by molar-refractivity contribution is 5.37. The topological polar surface area (TPSA) is 12.0 Å². The molecule has 0 aliphatic rings. The highest BCUT2D eigenvalue weighted by atomic mass is 19.1. The normalized spacial score (nSPS) is 10.7. The Morgan fingerprint density at radius 3 is 2.26 bits per heavy atom. The van der Waals surface area contributed by atoms with Crippen LogP contribution in [0.25, 0.3) is 0 Å². The van der Waals surface area contributed by atoms with E-state index in [-0.39, 0.29) is 5.82 Å². The quantitative estimate of drug-likeness (QED) is 0.871. The summed E-state index contributed by atoms with van der Waals surface area (Å²) in [5, 5.41) is 3.38. The van der Waals surface area contributed by atoms with Crippen molar-refractivity contribution in [3.05, 3.63) is 70.0 Å². The van der Waals surface area contributed by atoms with Crippen LogP contribution in [0.5, 0.6) is 0 Å². The average molecular weight is 257 g/mol. The molecule has 0 bridgehead atoms. The second kappa shape index (κ2) is 5.98. The summed E-state index contributed by atoms with van der Waals surface area (Å²) in [4.78, 5) is 0. The monoisotopic (exact) mass is 257 g/mol. The van der Waals surface area contributed by atoms with E-state index >= 15 is 0 Å². The number of nitrogens with one attached hydrogen (secondary N) is 1. The zero-order valence-corrected chi connectivity index (χ0v) is 11.8. The van der Waals surface area contributed by atoms with Crippen LogP contribution in [0.1, 0.15) is 27.8 Å². The van der Waals surface area contributed by atoms with Crippen LogP contribution < -0.4 is 5.32 Å². The van der Waals surface area contributed by atoms with E-state index in [0.29, 0.717) is 6.54 Å². The molecule has 0 atom stereocenters. The summed E-state index contributed by atoms with van der Waals surface area (Å²) in [6, 6.07) is 11.1. The van der Waals surface area contributed by atoms with E-state index in [1.807, 2.05) is 6.07 Å². The maximum atomic E-state index is 13.1. The van der Waals surface area contributed by atoms with Crippen LogP contribution in [0.3, 0.4) is 0 Å². The lowest BCUT2D eigenvalue weighted by atomic mass is 10.00. The van der Waals surface area contributed by atoms with E-state index in [9.17, 15) is 4.39 Å². The molecule has 2 aromatic rings. The fourth-order valence-corrected chi connectivity index (χ4v) is 2.47. The van der Waals surface area contributed by atoms with E-state index in [4.69, 9.17) is 0 Å². The van der Waals surface area contributed by atoms with Crippen LogP contribution in [0, 0.1) is 26.6 Å². The predicted molar refractivity (Wildman–Crippen MR) is 77.6 cm³/mol. The molecule has 0 radical (unpaired) electrons. The van der Waals surface area contributed by atoms with Gasteiger partial charge in [-0.25, -0.2) is 4.39 Å². The Morgan fingerprint density at radius 2 is 1.63 bits per heavy atom. The molecule has 1 nitrogen and oxygen atoms in total. The lowest BCUT2D eigenvalue weighted by Gasteiger charge is -2.12. The van der Waals surface area contributed by atoms with E-state index in [0.717, 1.165) is 12.1 Å². The molecule has 1 N–H and O–H groups in total. The number of aryl methyl sites for hydroxylation is 3. The molecule has 0 amide bonds. The minimum absolute atomic E-state index is 0.179. The molecule has 19 heavy (non-hydrogen) atoms. The zero-order chi connectivity index (χ0) is 13.8. The maximum Gasteiger partial charge on any atom is 0.123 e. The third-order valence-corrected chi connectivity index (χ3v) is 3.36. The number of benzene rings is 2. The van der Waals surface area contributed by atoms with Crippen molar-refractivity contribution in [2.75, 3.05) is 0 Å². The summed E-state index contributed by atoms with van der Waals surface area (Å²) in [6.07, 6.45) is 0. The first-order valence-electron chi connectivity index (χ1n) is 6.58. The van der Waals surface area contributed by atoms with Crippen LogP contribution in [0.2, 0.25) is 0 Å². The maximum absolute atomic E-state index is 13.1. The molecule has 100 valence electrons. The number of rotatable bonds is 4. The van der Waals surface area contributed by atoms with Crippen LogP contribution in [0.4, 0.5) is 4.39 Å². The van der Waals surface area contributed by atoms with Crippen molar-refractivity contribution < 1.29 is 4.39 Å². The van der Waals surface area contributed by atoms with Crippen molar-refractivity contribution in [3.8, 4) is 0 Å². The number of halogens is 1. The van der Waals surface area contributed by atoms with Gasteiger partial charge in [0.1, 0.15) is 5.82 Å². The number of hydrogen-bond donors (Lipinski definition) is 1. The average Bonchev–Trinajstić information content (AvgIpc) is 2.32. The van der Waals surface area contributed by atoms with Gasteiger partial charge >= 0.3 is 0 Å². The van der Waals surface area contributed by atoms with E-state index < -0.39 is 0 Å². The smallest absolute Gasteiger partial charge is 0.123 e. The van der Waals surface area contributed by atoms with Crippen molar-refractivity contribution in [2.24, 2.45) is 0 Å². The fourth-order valence-electron chi connectivity index (χ4n) is 2.47. The summed E-state index contributed by atoms with van der Waals surface area (Å²) in [5.74, 6) is -0.179. The van der Waals surface area contributed by atoms with Crippen molar-refractivity contribution in [1.29, 1.82) is 0 Å². The van der Waals surface area contributed by atoms with Gasteiger partial charge in [0.05, 0.1) is 0 Å². The molecule has 0 spiro atoms. The van der Waals surface area contributed by atoms with Gasteiger partial charge in [-0.1, -0.05) is 29.8 Å². The lowest BCUT2D eigenvalue weighted by Crippen LogP contribution is -2.14. The van der Waals surface area contributed by atoms with Gasteiger partial charge in [0.25, 0.3) is 0 Å². The van der Waals surface area contributed by atoms with Crippen LogP contribution in [-0.4, -0.2) is 0 Å². The molecule has 0 aliphatic carbocycles. The summed E-state index contributed by atoms with van der Waals surface area (Å²) in [5.41, 5.74) is 6.22. The Bertz CT molecular complexity index is 552. The molecule has 0 heterocycles. The van der Waals surface area contributed by atoms with E-state index in [1.54, 1.807) is 12.1 Å². The van der Waals surface area contributed by atoms with Gasteiger partial charge in [0.2, 0.25) is 0 Å². The second-order valence-corrected chi connectivity index (χ2v) is 5.11. The van der Waals surface area contributed by atoms with Gasteiger partial charge in [-0.2, -0.15) is 0 Å². The zero-order valence-electron chi connectivity index (χ0n) is 11.8. The summed E-state index contributed by atoms with van der Waals surface area (Å²) in [7, 11) is 0. The van der Waals surface area contributed by atoms with Crippen LogP contribution >= 0.6 is 0 Å². The largest absolute Gasteiger partial charge is 0.309 e. The molecule has 0 saturated heterocycles. The fraction of sp³-hybridized carbons (Fsp3) is 0.294. The SMILES string of the molecule is Cc1cc(C)c(CNCc2cccc(F)c2)c(C)c1. The summed E-state index contributed by atoms with van der Waals surface area (Å²) < 4.78 is 13.1. The lowest BCUT2D eigenvalue weighted by molar-refractivity contribution is 0.620. The van der Waals surface area contributed by atoms with E-state index in [2.05, 4.69) is 38.2 Å². The Balaban J connectivity index is 2.00. The standard InChI is InChI=1S/C17H20FN/c1-12-7-13(2)17(14(3)8-12)11-19-10-15-5-4-6-16(18)9-15/h4-9,19H,10-11H2,1-3H3. The van der Waals surface area contributed by atoms with Gasteiger partial charge < -0.3 is 5.32 Å². The molecule has 2 aromatic carbocycles. The molecular weight excluding hydrogens is 237 g/mol. The first kappa shape index (κ1) is 13.8. The van der Waals surface area contributed by atoms with E-state index in [1.165, 1.54) is 28.3 Å². The molecule has 2 heteroatoms. The van der Waals surface area contributed by atoms with Crippen LogP contribution in [-0.2, 0) is 13.1 Å². The second-order valence-electron chi connectivity index (χ2n) is 5.11.